The third-order valence-corrected chi connectivity index (χ3v) is 3.51. The number of benzene rings is 1. The highest BCUT2D eigenvalue weighted by molar-refractivity contribution is 5.34. The molecule has 1 heterocycles. The standard InChI is InChI=1S/C14H21N/c1-10(2)15-8-13(9-15)14-6-5-11(3)7-12(14)4/h5-7,10,13H,8-9H2,1-4H3. The summed E-state index contributed by atoms with van der Waals surface area (Å²) in [6.07, 6.45) is 0. The minimum atomic E-state index is 0.701. The van der Waals surface area contributed by atoms with Crippen LogP contribution in [0.1, 0.15) is 36.5 Å². The zero-order valence-corrected chi connectivity index (χ0v) is 10.2. The summed E-state index contributed by atoms with van der Waals surface area (Å²) in [6.45, 7) is 11.4. The maximum atomic E-state index is 2.53. The number of nitrogens with zero attached hydrogens (tertiary/aromatic N) is 1. The van der Waals surface area contributed by atoms with Gasteiger partial charge in [-0.2, -0.15) is 0 Å². The van der Waals surface area contributed by atoms with E-state index in [1.54, 1.807) is 5.56 Å². The molecule has 0 saturated carbocycles. The molecule has 2 rings (SSSR count). The lowest BCUT2D eigenvalue weighted by Gasteiger charge is -2.43. The first-order valence-electron chi connectivity index (χ1n) is 5.89. The summed E-state index contributed by atoms with van der Waals surface area (Å²) in [5, 5.41) is 0. The van der Waals surface area contributed by atoms with Gasteiger partial charge in [0.2, 0.25) is 0 Å². The fourth-order valence-electron chi connectivity index (χ4n) is 2.41. The zero-order valence-electron chi connectivity index (χ0n) is 10.2. The van der Waals surface area contributed by atoms with Crippen LogP contribution in [-0.2, 0) is 0 Å². The average Bonchev–Trinajstić information content (AvgIpc) is 2.05. The Labute approximate surface area is 93.1 Å². The van der Waals surface area contributed by atoms with Gasteiger partial charge in [0.15, 0.2) is 0 Å². The van der Waals surface area contributed by atoms with E-state index in [4.69, 9.17) is 0 Å². The molecule has 1 aliphatic rings. The molecule has 1 aromatic rings. The van der Waals surface area contributed by atoms with Crippen LogP contribution in [0, 0.1) is 13.8 Å². The van der Waals surface area contributed by atoms with E-state index >= 15 is 0 Å². The second-order valence-corrected chi connectivity index (χ2v) is 5.10. The molecular formula is C14H21N. The van der Waals surface area contributed by atoms with Gasteiger partial charge in [0, 0.05) is 25.0 Å². The molecule has 15 heavy (non-hydrogen) atoms. The summed E-state index contributed by atoms with van der Waals surface area (Å²) in [7, 11) is 0. The lowest BCUT2D eigenvalue weighted by atomic mass is 9.87. The molecular weight excluding hydrogens is 182 g/mol. The van der Waals surface area contributed by atoms with Gasteiger partial charge in [0.25, 0.3) is 0 Å². The molecule has 0 aliphatic carbocycles. The van der Waals surface area contributed by atoms with E-state index in [-0.39, 0.29) is 0 Å². The van der Waals surface area contributed by atoms with Crippen LogP contribution in [0.25, 0.3) is 0 Å². The van der Waals surface area contributed by atoms with Gasteiger partial charge in [-0.25, -0.2) is 0 Å². The zero-order chi connectivity index (χ0) is 11.0. The van der Waals surface area contributed by atoms with Crippen molar-refractivity contribution in [2.45, 2.75) is 39.7 Å². The molecule has 0 bridgehead atoms. The predicted octanol–water partition coefficient (Wildman–Crippen LogP) is 3.11. The summed E-state index contributed by atoms with van der Waals surface area (Å²) in [6, 6.07) is 7.55. The molecule has 0 radical (unpaired) electrons. The van der Waals surface area contributed by atoms with Crippen molar-refractivity contribution >= 4 is 0 Å². The number of aryl methyl sites for hydroxylation is 2. The molecule has 1 nitrogen and oxygen atoms in total. The largest absolute Gasteiger partial charge is 0.300 e. The summed E-state index contributed by atoms with van der Waals surface area (Å²) >= 11 is 0. The molecule has 0 N–H and O–H groups in total. The topological polar surface area (TPSA) is 3.24 Å². The Balaban J connectivity index is 2.07. The Morgan fingerprint density at radius 1 is 1.20 bits per heavy atom. The number of hydrogen-bond acceptors (Lipinski definition) is 1. The Morgan fingerprint density at radius 2 is 1.87 bits per heavy atom. The monoisotopic (exact) mass is 203 g/mol. The quantitative estimate of drug-likeness (QED) is 0.714. The maximum Gasteiger partial charge on any atom is 0.00964 e. The molecule has 1 aliphatic heterocycles. The van der Waals surface area contributed by atoms with Crippen LogP contribution in [0.2, 0.25) is 0 Å². The minimum absolute atomic E-state index is 0.701. The summed E-state index contributed by atoms with van der Waals surface area (Å²) in [4.78, 5) is 2.53. The van der Waals surface area contributed by atoms with Crippen LogP contribution < -0.4 is 0 Å². The van der Waals surface area contributed by atoms with Gasteiger partial charge >= 0.3 is 0 Å². The molecule has 0 spiro atoms. The minimum Gasteiger partial charge on any atom is -0.300 e. The highest BCUT2D eigenvalue weighted by atomic mass is 15.2. The fourth-order valence-corrected chi connectivity index (χ4v) is 2.41. The van der Waals surface area contributed by atoms with Crippen molar-refractivity contribution in [3.05, 3.63) is 34.9 Å². The van der Waals surface area contributed by atoms with Crippen LogP contribution in [0.15, 0.2) is 18.2 Å². The normalized spacial score (nSPS) is 18.2. The number of rotatable bonds is 2. The number of hydrogen-bond donors (Lipinski definition) is 0. The fraction of sp³-hybridized carbons (Fsp3) is 0.571. The van der Waals surface area contributed by atoms with Crippen LogP contribution in [0.5, 0.6) is 0 Å². The van der Waals surface area contributed by atoms with Crippen LogP contribution in [-0.4, -0.2) is 24.0 Å². The second-order valence-electron chi connectivity index (χ2n) is 5.10. The molecule has 82 valence electrons. The average molecular weight is 203 g/mol. The van der Waals surface area contributed by atoms with Gasteiger partial charge in [-0.15, -0.1) is 0 Å². The molecule has 1 heteroatoms. The summed E-state index contributed by atoms with van der Waals surface area (Å²) in [5.74, 6) is 0.771. The number of likely N-dealkylation sites (tertiary alicyclic amines) is 1. The summed E-state index contributed by atoms with van der Waals surface area (Å²) in [5.41, 5.74) is 4.39. The van der Waals surface area contributed by atoms with E-state index < -0.39 is 0 Å². The van der Waals surface area contributed by atoms with Gasteiger partial charge in [0.05, 0.1) is 0 Å². The smallest absolute Gasteiger partial charge is 0.00964 e. The van der Waals surface area contributed by atoms with Crippen molar-refractivity contribution in [1.29, 1.82) is 0 Å². The van der Waals surface area contributed by atoms with Crippen molar-refractivity contribution in [3.8, 4) is 0 Å². The van der Waals surface area contributed by atoms with Crippen molar-refractivity contribution in [2.75, 3.05) is 13.1 Å². The first-order valence-corrected chi connectivity index (χ1v) is 5.89. The first kappa shape index (κ1) is 10.7. The second kappa shape index (κ2) is 3.97. The van der Waals surface area contributed by atoms with Crippen LogP contribution in [0.4, 0.5) is 0 Å². The van der Waals surface area contributed by atoms with Crippen molar-refractivity contribution < 1.29 is 0 Å². The van der Waals surface area contributed by atoms with Gasteiger partial charge in [-0.1, -0.05) is 23.8 Å². The predicted molar refractivity (Wildman–Crippen MR) is 65.4 cm³/mol. The summed E-state index contributed by atoms with van der Waals surface area (Å²) < 4.78 is 0. The molecule has 0 atom stereocenters. The maximum absolute atomic E-state index is 2.53. The highest BCUT2D eigenvalue weighted by Gasteiger charge is 2.30. The Morgan fingerprint density at radius 3 is 2.40 bits per heavy atom. The first-order chi connectivity index (χ1) is 7.08. The molecule has 1 aromatic carbocycles. The van der Waals surface area contributed by atoms with E-state index in [0.29, 0.717) is 6.04 Å². The van der Waals surface area contributed by atoms with E-state index in [1.165, 1.54) is 24.2 Å². The van der Waals surface area contributed by atoms with Gasteiger partial charge in [0.1, 0.15) is 0 Å². The Kier molecular flexibility index (Phi) is 2.83. The van der Waals surface area contributed by atoms with E-state index in [2.05, 4.69) is 50.8 Å². The Hall–Kier alpha value is -0.820. The molecule has 0 aromatic heterocycles. The third kappa shape index (κ3) is 2.07. The van der Waals surface area contributed by atoms with Crippen molar-refractivity contribution in [3.63, 3.8) is 0 Å². The van der Waals surface area contributed by atoms with Crippen molar-refractivity contribution in [1.82, 2.24) is 4.90 Å². The van der Waals surface area contributed by atoms with Gasteiger partial charge in [-0.05, 0) is 38.8 Å². The van der Waals surface area contributed by atoms with Gasteiger partial charge in [-0.3, -0.25) is 4.90 Å². The molecule has 1 saturated heterocycles. The van der Waals surface area contributed by atoms with E-state index in [0.717, 1.165) is 5.92 Å². The Bertz CT molecular complexity index is 348. The SMILES string of the molecule is Cc1ccc(C2CN(C(C)C)C2)c(C)c1. The van der Waals surface area contributed by atoms with Gasteiger partial charge < -0.3 is 0 Å². The lowest BCUT2D eigenvalue weighted by molar-refractivity contribution is 0.109. The van der Waals surface area contributed by atoms with Crippen LogP contribution in [0.3, 0.4) is 0 Å². The molecule has 0 amide bonds. The molecule has 0 unspecified atom stereocenters. The highest BCUT2D eigenvalue weighted by Crippen LogP contribution is 2.30. The van der Waals surface area contributed by atoms with E-state index in [9.17, 15) is 0 Å². The van der Waals surface area contributed by atoms with E-state index in [1.807, 2.05) is 0 Å². The molecule has 1 fully saturated rings. The van der Waals surface area contributed by atoms with Crippen LogP contribution >= 0.6 is 0 Å². The lowest BCUT2D eigenvalue weighted by Crippen LogP contribution is -2.48. The third-order valence-electron chi connectivity index (χ3n) is 3.51. The van der Waals surface area contributed by atoms with Crippen molar-refractivity contribution in [2.24, 2.45) is 0 Å².